The van der Waals surface area contributed by atoms with Crippen molar-refractivity contribution in [2.24, 2.45) is 13.0 Å². The van der Waals surface area contributed by atoms with Gasteiger partial charge < -0.3 is 29.5 Å². The van der Waals surface area contributed by atoms with Gasteiger partial charge in [-0.25, -0.2) is 4.79 Å². The standard InChI is InChI=1S/C24H34N4O3/c1-4-9-25-23(30)28-15-24(13-27(14-24)11-16-5-6-16)21-18-8-7-17(31-3)10-19(18)26(2)22(21)20(28)12-29/h7-8,10,16,20,29H,4-6,9,11-15H2,1-3H3,(H,25,30)/t20-/m0/s1. The molecule has 31 heavy (non-hydrogen) atoms. The minimum atomic E-state index is -0.349. The Morgan fingerprint density at radius 3 is 2.71 bits per heavy atom. The maximum absolute atomic E-state index is 13.1. The fraction of sp³-hybridized carbons (Fsp3) is 0.625. The highest BCUT2D eigenvalue weighted by atomic mass is 16.5. The highest BCUT2D eigenvalue weighted by Crippen LogP contribution is 2.50. The third kappa shape index (κ3) is 3.29. The molecule has 7 nitrogen and oxygen atoms in total. The topological polar surface area (TPSA) is 70.0 Å². The molecule has 0 unspecified atom stereocenters. The van der Waals surface area contributed by atoms with Gasteiger partial charge in [0, 0.05) is 62.3 Å². The number of methoxy groups -OCH3 is 1. The van der Waals surface area contributed by atoms with Gasteiger partial charge in [0.05, 0.1) is 25.3 Å². The van der Waals surface area contributed by atoms with E-state index in [1.54, 1.807) is 7.11 Å². The van der Waals surface area contributed by atoms with Crippen LogP contribution in [0, 0.1) is 5.92 Å². The number of ether oxygens (including phenoxy) is 1. The second kappa shape index (κ2) is 7.71. The molecule has 1 saturated carbocycles. The number of aliphatic hydroxyl groups is 1. The van der Waals surface area contributed by atoms with Crippen molar-refractivity contribution >= 4 is 16.9 Å². The van der Waals surface area contributed by atoms with Crippen LogP contribution in [0.3, 0.4) is 0 Å². The third-order valence-electron chi connectivity index (χ3n) is 7.37. The van der Waals surface area contributed by atoms with Crippen molar-refractivity contribution in [2.75, 3.05) is 46.4 Å². The summed E-state index contributed by atoms with van der Waals surface area (Å²) in [7, 11) is 3.73. The highest BCUT2D eigenvalue weighted by Gasteiger charge is 2.54. The zero-order valence-electron chi connectivity index (χ0n) is 18.9. The Balaban J connectivity index is 1.60. The summed E-state index contributed by atoms with van der Waals surface area (Å²) < 4.78 is 7.65. The maximum Gasteiger partial charge on any atom is 0.318 e. The van der Waals surface area contributed by atoms with E-state index in [0.29, 0.717) is 13.1 Å². The van der Waals surface area contributed by atoms with Crippen LogP contribution in [0.25, 0.3) is 10.9 Å². The van der Waals surface area contributed by atoms with Gasteiger partial charge in [-0.05, 0) is 42.9 Å². The molecule has 7 heteroatoms. The first-order valence-electron chi connectivity index (χ1n) is 11.6. The second-order valence-electron chi connectivity index (χ2n) is 9.65. The fourth-order valence-corrected chi connectivity index (χ4v) is 5.77. The number of hydrogen-bond acceptors (Lipinski definition) is 4. The quantitative estimate of drug-likeness (QED) is 0.745. The van der Waals surface area contributed by atoms with E-state index in [1.165, 1.54) is 30.3 Å². The smallest absolute Gasteiger partial charge is 0.318 e. The average Bonchev–Trinajstić information content (AvgIpc) is 3.53. The number of carbonyl (C=O) groups excluding carboxylic acids is 1. The number of amides is 2. The summed E-state index contributed by atoms with van der Waals surface area (Å²) in [5, 5.41) is 14.7. The van der Waals surface area contributed by atoms with Gasteiger partial charge in [-0.15, -0.1) is 0 Å². The van der Waals surface area contributed by atoms with Crippen molar-refractivity contribution in [3.8, 4) is 5.75 Å². The first-order valence-corrected chi connectivity index (χ1v) is 11.6. The van der Waals surface area contributed by atoms with E-state index in [0.717, 1.165) is 42.4 Å². The van der Waals surface area contributed by atoms with Crippen LogP contribution in [0.1, 0.15) is 43.5 Å². The number of aromatic nitrogens is 1. The first kappa shape index (κ1) is 20.6. The number of nitrogens with one attached hydrogen (secondary N) is 1. The van der Waals surface area contributed by atoms with Crippen molar-refractivity contribution in [1.82, 2.24) is 19.7 Å². The van der Waals surface area contributed by atoms with Crippen LogP contribution in [0.4, 0.5) is 4.79 Å². The molecule has 1 atom stereocenters. The van der Waals surface area contributed by atoms with Crippen molar-refractivity contribution < 1.29 is 14.6 Å². The summed E-state index contributed by atoms with van der Waals surface area (Å²) in [6, 6.07) is 5.82. The molecule has 1 aliphatic carbocycles. The van der Waals surface area contributed by atoms with E-state index in [1.807, 2.05) is 18.0 Å². The van der Waals surface area contributed by atoms with Gasteiger partial charge in [-0.3, -0.25) is 0 Å². The molecule has 2 N–H and O–H groups in total. The van der Waals surface area contributed by atoms with Crippen LogP contribution in [0.5, 0.6) is 5.75 Å². The molecule has 3 aliphatic rings. The molecule has 2 aliphatic heterocycles. The largest absolute Gasteiger partial charge is 0.497 e. The van der Waals surface area contributed by atoms with Crippen LogP contribution >= 0.6 is 0 Å². The normalized spacial score (nSPS) is 22.5. The molecule has 0 bridgehead atoms. The van der Waals surface area contributed by atoms with E-state index in [9.17, 15) is 9.90 Å². The molecule has 1 spiro atoms. The van der Waals surface area contributed by atoms with Gasteiger partial charge >= 0.3 is 6.03 Å². The van der Waals surface area contributed by atoms with Crippen LogP contribution in [0.2, 0.25) is 0 Å². The predicted molar refractivity (Wildman–Crippen MR) is 121 cm³/mol. The van der Waals surface area contributed by atoms with E-state index < -0.39 is 0 Å². The van der Waals surface area contributed by atoms with Gasteiger partial charge in [0.2, 0.25) is 0 Å². The summed E-state index contributed by atoms with van der Waals surface area (Å²) in [5.41, 5.74) is 3.39. The average molecular weight is 427 g/mol. The number of aryl methyl sites for hydroxylation is 1. The summed E-state index contributed by atoms with van der Waals surface area (Å²) in [6.07, 6.45) is 3.59. The van der Waals surface area contributed by atoms with Gasteiger partial charge in [-0.2, -0.15) is 0 Å². The van der Waals surface area contributed by atoms with Gasteiger partial charge in [0.25, 0.3) is 0 Å². The minimum Gasteiger partial charge on any atom is -0.497 e. The highest BCUT2D eigenvalue weighted by molar-refractivity contribution is 5.89. The molecule has 1 aromatic heterocycles. The number of carbonyl (C=O) groups is 1. The van der Waals surface area contributed by atoms with Crippen molar-refractivity contribution in [1.29, 1.82) is 0 Å². The van der Waals surface area contributed by atoms with E-state index in [4.69, 9.17) is 4.74 Å². The Labute approximate surface area is 183 Å². The lowest BCUT2D eigenvalue weighted by Crippen LogP contribution is -2.68. The molecule has 3 heterocycles. The Hall–Kier alpha value is -2.25. The lowest BCUT2D eigenvalue weighted by Gasteiger charge is -2.56. The number of benzene rings is 1. The second-order valence-corrected chi connectivity index (χ2v) is 9.65. The van der Waals surface area contributed by atoms with E-state index >= 15 is 0 Å². The number of urea groups is 1. The predicted octanol–water partition coefficient (Wildman–Crippen LogP) is 2.62. The van der Waals surface area contributed by atoms with E-state index in [2.05, 4.69) is 33.8 Å². The fourth-order valence-electron chi connectivity index (χ4n) is 5.77. The summed E-state index contributed by atoms with van der Waals surface area (Å²) in [6.45, 7) is 6.37. The Bertz CT molecular complexity index is 990. The first-order chi connectivity index (χ1) is 15.0. The SMILES string of the molecule is CCCNC(=O)N1CC2(CN(CC3CC3)C2)c2c(n(C)c3cc(OC)ccc23)[C@@H]1CO. The van der Waals surface area contributed by atoms with Crippen molar-refractivity contribution in [3.05, 3.63) is 29.5 Å². The number of hydrogen-bond donors (Lipinski definition) is 2. The van der Waals surface area contributed by atoms with Crippen LogP contribution in [-0.2, 0) is 12.5 Å². The van der Waals surface area contributed by atoms with E-state index in [-0.39, 0.29) is 24.1 Å². The molecule has 2 fully saturated rings. The number of aliphatic hydroxyl groups excluding tert-OH is 1. The van der Waals surface area contributed by atoms with Crippen molar-refractivity contribution in [2.45, 2.75) is 37.6 Å². The number of likely N-dealkylation sites (tertiary alicyclic amines) is 1. The van der Waals surface area contributed by atoms with Crippen LogP contribution in [-0.4, -0.2) is 71.9 Å². The number of fused-ring (bicyclic) bond motifs is 4. The summed E-state index contributed by atoms with van der Waals surface area (Å²) >= 11 is 0. The Kier molecular flexibility index (Phi) is 5.13. The lowest BCUT2D eigenvalue weighted by molar-refractivity contribution is 0.00775. The molecule has 168 valence electrons. The van der Waals surface area contributed by atoms with Gasteiger partial charge in [0.1, 0.15) is 5.75 Å². The molecule has 2 aromatic rings. The zero-order valence-corrected chi connectivity index (χ0v) is 18.9. The van der Waals surface area contributed by atoms with Crippen molar-refractivity contribution in [3.63, 3.8) is 0 Å². The van der Waals surface area contributed by atoms with Gasteiger partial charge in [-0.1, -0.05) is 6.92 Å². The molecule has 5 rings (SSSR count). The molecule has 1 aromatic carbocycles. The van der Waals surface area contributed by atoms with Gasteiger partial charge in [0.15, 0.2) is 0 Å². The number of rotatable bonds is 6. The maximum atomic E-state index is 13.1. The molecular weight excluding hydrogens is 392 g/mol. The molecule has 2 amide bonds. The zero-order chi connectivity index (χ0) is 21.8. The molecule has 0 radical (unpaired) electrons. The van der Waals surface area contributed by atoms with Crippen LogP contribution < -0.4 is 10.1 Å². The lowest BCUT2D eigenvalue weighted by atomic mass is 9.68. The van der Waals surface area contributed by atoms with Crippen LogP contribution in [0.15, 0.2) is 18.2 Å². The third-order valence-corrected chi connectivity index (χ3v) is 7.37. The monoisotopic (exact) mass is 426 g/mol. The Morgan fingerprint density at radius 1 is 1.29 bits per heavy atom. The Morgan fingerprint density at radius 2 is 2.06 bits per heavy atom. The minimum absolute atomic E-state index is 0.0746. The molecular formula is C24H34N4O3. The summed E-state index contributed by atoms with van der Waals surface area (Å²) in [5.74, 6) is 1.67. The number of nitrogens with zero attached hydrogens (tertiary/aromatic N) is 3. The molecule has 1 saturated heterocycles. The summed E-state index contributed by atoms with van der Waals surface area (Å²) in [4.78, 5) is 17.5.